The molecule has 0 saturated carbocycles. The normalized spacial score (nSPS) is 13.4. The molecule has 102 valence electrons. The number of benzene rings is 1. The first-order chi connectivity index (χ1) is 8.39. The highest BCUT2D eigenvalue weighted by Gasteiger charge is 2.19. The largest absolute Gasteiger partial charge is 0.496 e. The van der Waals surface area contributed by atoms with Crippen molar-refractivity contribution in [3.8, 4) is 5.75 Å². The van der Waals surface area contributed by atoms with Crippen LogP contribution in [0.5, 0.6) is 5.75 Å². The van der Waals surface area contributed by atoms with Gasteiger partial charge in [0.15, 0.2) is 0 Å². The molecule has 1 aromatic carbocycles. The Hall–Kier alpha value is -1.06. The number of ether oxygens (including phenoxy) is 2. The lowest BCUT2D eigenvalue weighted by Crippen LogP contribution is -2.23. The van der Waals surface area contributed by atoms with E-state index in [-0.39, 0.29) is 5.60 Å². The molecule has 18 heavy (non-hydrogen) atoms. The van der Waals surface area contributed by atoms with E-state index in [0.717, 1.165) is 23.3 Å². The number of aliphatic hydroxyl groups is 1. The average molecular weight is 252 g/mol. The van der Waals surface area contributed by atoms with Crippen LogP contribution >= 0.6 is 0 Å². The number of methoxy groups -OCH3 is 2. The summed E-state index contributed by atoms with van der Waals surface area (Å²) in [6, 6.07) is 5.82. The van der Waals surface area contributed by atoms with Gasteiger partial charge in [-0.3, -0.25) is 0 Å². The van der Waals surface area contributed by atoms with Gasteiger partial charge in [-0.05, 0) is 50.8 Å². The van der Waals surface area contributed by atoms with Gasteiger partial charge in [0.1, 0.15) is 5.75 Å². The molecule has 0 fully saturated rings. The maximum Gasteiger partial charge on any atom is 0.122 e. The van der Waals surface area contributed by atoms with Crippen molar-refractivity contribution in [3.63, 3.8) is 0 Å². The molecule has 0 heterocycles. The van der Waals surface area contributed by atoms with Gasteiger partial charge in [0.25, 0.3) is 0 Å². The van der Waals surface area contributed by atoms with Crippen LogP contribution in [0.4, 0.5) is 0 Å². The number of hydrogen-bond donors (Lipinski definition) is 1. The highest BCUT2D eigenvalue weighted by Crippen LogP contribution is 2.28. The van der Waals surface area contributed by atoms with Gasteiger partial charge in [0.2, 0.25) is 0 Å². The summed E-state index contributed by atoms with van der Waals surface area (Å²) in [5, 5.41) is 10.2. The Bertz CT molecular complexity index is 385. The van der Waals surface area contributed by atoms with E-state index in [1.807, 2.05) is 39.0 Å². The molecule has 0 radical (unpaired) electrons. The van der Waals surface area contributed by atoms with Crippen LogP contribution in [-0.4, -0.2) is 24.9 Å². The summed E-state index contributed by atoms with van der Waals surface area (Å²) < 4.78 is 10.6. The lowest BCUT2D eigenvalue weighted by Gasteiger charge is -2.24. The Kier molecular flexibility index (Phi) is 5.17. The van der Waals surface area contributed by atoms with Crippen LogP contribution in [0.2, 0.25) is 0 Å². The number of rotatable bonds is 6. The minimum absolute atomic E-state index is 0.199. The van der Waals surface area contributed by atoms with Crippen molar-refractivity contribution in [3.05, 3.63) is 29.3 Å². The molecule has 1 unspecified atom stereocenters. The van der Waals surface area contributed by atoms with E-state index in [4.69, 9.17) is 9.47 Å². The molecule has 0 saturated heterocycles. The number of hydrogen-bond acceptors (Lipinski definition) is 3. The minimum atomic E-state index is -0.478. The van der Waals surface area contributed by atoms with Crippen LogP contribution in [0.1, 0.15) is 43.9 Å². The van der Waals surface area contributed by atoms with Crippen molar-refractivity contribution in [1.82, 2.24) is 0 Å². The molecule has 0 aliphatic rings. The molecule has 0 spiro atoms. The topological polar surface area (TPSA) is 38.7 Å². The van der Waals surface area contributed by atoms with Gasteiger partial charge in [-0.15, -0.1) is 0 Å². The Balaban J connectivity index is 2.70. The van der Waals surface area contributed by atoms with Crippen LogP contribution in [-0.2, 0) is 4.74 Å². The molecule has 1 rings (SSSR count). The summed E-state index contributed by atoms with van der Waals surface area (Å²) in [4.78, 5) is 0. The Morgan fingerprint density at radius 1 is 1.28 bits per heavy atom. The maximum absolute atomic E-state index is 10.2. The Morgan fingerprint density at radius 2 is 1.94 bits per heavy atom. The van der Waals surface area contributed by atoms with Gasteiger partial charge in [-0.1, -0.05) is 12.1 Å². The van der Waals surface area contributed by atoms with E-state index in [2.05, 4.69) is 0 Å². The van der Waals surface area contributed by atoms with Gasteiger partial charge in [0, 0.05) is 7.11 Å². The minimum Gasteiger partial charge on any atom is -0.496 e. The summed E-state index contributed by atoms with van der Waals surface area (Å²) in [5.41, 5.74) is 1.77. The predicted molar refractivity (Wildman–Crippen MR) is 73.0 cm³/mol. The molecular weight excluding hydrogens is 228 g/mol. The zero-order valence-electron chi connectivity index (χ0n) is 12.0. The van der Waals surface area contributed by atoms with Crippen molar-refractivity contribution in [2.75, 3.05) is 14.2 Å². The van der Waals surface area contributed by atoms with Gasteiger partial charge < -0.3 is 14.6 Å². The number of aryl methyl sites for hydroxylation is 1. The van der Waals surface area contributed by atoms with E-state index in [9.17, 15) is 5.11 Å². The third-order valence-corrected chi connectivity index (χ3v) is 3.39. The van der Waals surface area contributed by atoms with Crippen molar-refractivity contribution < 1.29 is 14.6 Å². The average Bonchev–Trinajstić information content (AvgIpc) is 2.36. The molecule has 1 N–H and O–H groups in total. The van der Waals surface area contributed by atoms with Crippen LogP contribution in [0.15, 0.2) is 18.2 Å². The van der Waals surface area contributed by atoms with Crippen molar-refractivity contribution in [2.24, 2.45) is 0 Å². The second-order valence-electron chi connectivity index (χ2n) is 5.25. The third kappa shape index (κ3) is 4.00. The highest BCUT2D eigenvalue weighted by molar-refractivity contribution is 5.37. The van der Waals surface area contributed by atoms with Crippen molar-refractivity contribution >= 4 is 0 Å². The van der Waals surface area contributed by atoms with E-state index >= 15 is 0 Å². The smallest absolute Gasteiger partial charge is 0.122 e. The van der Waals surface area contributed by atoms with E-state index in [0.29, 0.717) is 6.42 Å². The van der Waals surface area contributed by atoms with Crippen LogP contribution in [0, 0.1) is 6.92 Å². The van der Waals surface area contributed by atoms with Crippen molar-refractivity contribution in [2.45, 2.75) is 45.3 Å². The summed E-state index contributed by atoms with van der Waals surface area (Å²) in [6.45, 7) is 6.04. The Labute approximate surface area is 110 Å². The zero-order chi connectivity index (χ0) is 13.8. The molecule has 1 atom stereocenters. The van der Waals surface area contributed by atoms with Gasteiger partial charge in [-0.25, -0.2) is 0 Å². The predicted octanol–water partition coefficient (Wildman–Crippen LogP) is 3.24. The lowest BCUT2D eigenvalue weighted by molar-refractivity contribution is 0.00277. The van der Waals surface area contributed by atoms with Gasteiger partial charge >= 0.3 is 0 Å². The summed E-state index contributed by atoms with van der Waals surface area (Å²) >= 11 is 0. The summed E-state index contributed by atoms with van der Waals surface area (Å²) in [6.07, 6.45) is 1.00. The fraction of sp³-hybridized carbons (Fsp3) is 0.600. The fourth-order valence-electron chi connectivity index (χ4n) is 1.80. The SMILES string of the molecule is COc1cc(C(O)CCC(C)(C)OC)ccc1C. The fourth-order valence-corrected chi connectivity index (χ4v) is 1.80. The summed E-state index contributed by atoms with van der Waals surface area (Å²) in [7, 11) is 3.34. The third-order valence-electron chi connectivity index (χ3n) is 3.39. The molecule has 3 heteroatoms. The molecule has 0 aliphatic carbocycles. The standard InChI is InChI=1S/C15H24O3/c1-11-6-7-12(10-14(11)17-4)13(16)8-9-15(2,3)18-5/h6-7,10,13,16H,8-9H2,1-5H3. The van der Waals surface area contributed by atoms with E-state index < -0.39 is 6.10 Å². The van der Waals surface area contributed by atoms with Crippen molar-refractivity contribution in [1.29, 1.82) is 0 Å². The molecule has 0 aromatic heterocycles. The first-order valence-corrected chi connectivity index (χ1v) is 6.27. The molecule has 1 aromatic rings. The zero-order valence-corrected chi connectivity index (χ0v) is 12.0. The molecule has 0 aliphatic heterocycles. The van der Waals surface area contributed by atoms with Gasteiger partial charge in [0.05, 0.1) is 18.8 Å². The second kappa shape index (κ2) is 6.21. The van der Waals surface area contributed by atoms with E-state index in [1.54, 1.807) is 14.2 Å². The quantitative estimate of drug-likeness (QED) is 0.844. The van der Waals surface area contributed by atoms with Crippen LogP contribution in [0.25, 0.3) is 0 Å². The second-order valence-corrected chi connectivity index (χ2v) is 5.25. The molecule has 3 nitrogen and oxygen atoms in total. The first-order valence-electron chi connectivity index (χ1n) is 6.27. The van der Waals surface area contributed by atoms with Gasteiger partial charge in [-0.2, -0.15) is 0 Å². The monoisotopic (exact) mass is 252 g/mol. The Morgan fingerprint density at radius 3 is 2.50 bits per heavy atom. The summed E-state index contributed by atoms with van der Waals surface area (Å²) in [5.74, 6) is 0.817. The number of aliphatic hydroxyl groups excluding tert-OH is 1. The maximum atomic E-state index is 10.2. The highest BCUT2D eigenvalue weighted by atomic mass is 16.5. The van der Waals surface area contributed by atoms with Crippen LogP contribution < -0.4 is 4.74 Å². The molecule has 0 amide bonds. The van der Waals surface area contributed by atoms with E-state index in [1.165, 1.54) is 0 Å². The molecular formula is C15H24O3. The first kappa shape index (κ1) is 15.0. The molecule has 0 bridgehead atoms. The van der Waals surface area contributed by atoms with Crippen LogP contribution in [0.3, 0.4) is 0 Å². The lowest BCUT2D eigenvalue weighted by atomic mass is 9.96.